The second-order valence-corrected chi connectivity index (χ2v) is 30.8. The third-order valence-corrected chi connectivity index (χ3v) is 22.7. The van der Waals surface area contributed by atoms with E-state index in [9.17, 15) is 19.2 Å². The number of amides is 4. The smallest absolute Gasteiger partial charge is 0.261 e. The molecule has 4 amide bonds. The van der Waals surface area contributed by atoms with Crippen LogP contribution in [0, 0.1) is 0 Å². The van der Waals surface area contributed by atoms with Gasteiger partial charge in [0.05, 0.1) is 0 Å². The first-order valence-electron chi connectivity index (χ1n) is 41.4. The molecule has 20 rings (SSSR count). The Hall–Kier alpha value is -11.6. The van der Waals surface area contributed by atoms with Crippen LogP contribution < -0.4 is 0 Å². The van der Waals surface area contributed by atoms with Gasteiger partial charge in [0, 0.05) is 47.1 Å². The van der Waals surface area contributed by atoms with E-state index in [2.05, 4.69) is 253 Å². The molecule has 0 unspecified atom stereocenters. The molecule has 0 aromatic heterocycles. The summed E-state index contributed by atoms with van der Waals surface area (Å²) in [4.78, 5) is 53.7. The van der Waals surface area contributed by atoms with E-state index in [1.54, 1.807) is 24.3 Å². The number of hydrogen-bond donors (Lipinski definition) is 0. The molecule has 0 atom stereocenters. The molecule has 16 aromatic rings. The Kier molecular flexibility index (Phi) is 21.4. The van der Waals surface area contributed by atoms with Crippen LogP contribution in [-0.2, 0) is 25.7 Å². The van der Waals surface area contributed by atoms with Crippen molar-refractivity contribution < 1.29 is 19.2 Å². The van der Waals surface area contributed by atoms with Crippen LogP contribution in [0.2, 0.25) is 0 Å². The lowest BCUT2D eigenvalue weighted by molar-refractivity contribution is 0.0635. The molecule has 0 spiro atoms. The van der Waals surface area contributed by atoms with E-state index >= 15 is 0 Å². The van der Waals surface area contributed by atoms with Gasteiger partial charge in [0.25, 0.3) is 23.6 Å². The molecular formula is C106H102N2O4. The molecule has 2 heterocycles. The highest BCUT2D eigenvalue weighted by Gasteiger charge is 2.39. The summed E-state index contributed by atoms with van der Waals surface area (Å²) in [5.41, 5.74) is 30.3. The Morgan fingerprint density at radius 2 is 0.357 bits per heavy atom. The fourth-order valence-corrected chi connectivity index (χ4v) is 18.8. The topological polar surface area (TPSA) is 74.8 Å². The van der Waals surface area contributed by atoms with Gasteiger partial charge in [-0.1, -0.05) is 329 Å². The summed E-state index contributed by atoms with van der Waals surface area (Å²) < 4.78 is 0. The summed E-state index contributed by atoms with van der Waals surface area (Å²) >= 11 is 0. The van der Waals surface area contributed by atoms with Gasteiger partial charge in [-0.15, -0.1) is 0 Å². The zero-order valence-electron chi connectivity index (χ0n) is 67.8. The Morgan fingerprint density at radius 3 is 0.527 bits per heavy atom. The maximum atomic E-state index is 12.8. The van der Waals surface area contributed by atoms with Crippen molar-refractivity contribution in [3.8, 4) is 89.0 Å². The van der Waals surface area contributed by atoms with Gasteiger partial charge in [-0.05, 0) is 237 Å². The minimum atomic E-state index is -0.318. The molecule has 0 fully saturated rings. The molecule has 4 aliphatic rings. The first-order chi connectivity index (χ1) is 54.7. The van der Waals surface area contributed by atoms with E-state index in [0.717, 1.165) is 93.5 Å². The fraction of sp³-hybridized carbons (Fsp3) is 0.245. The van der Waals surface area contributed by atoms with Crippen molar-refractivity contribution in [3.05, 3.63) is 263 Å². The van der Waals surface area contributed by atoms with Crippen LogP contribution in [0.3, 0.4) is 0 Å². The van der Waals surface area contributed by atoms with Crippen LogP contribution in [-0.4, -0.2) is 47.5 Å². The molecule has 0 N–H and O–H groups in total. The van der Waals surface area contributed by atoms with Crippen LogP contribution in [0.5, 0.6) is 0 Å². The maximum Gasteiger partial charge on any atom is 0.261 e. The number of benzene rings is 16. The van der Waals surface area contributed by atoms with Crippen LogP contribution in [0.25, 0.3) is 175 Å². The van der Waals surface area contributed by atoms with Crippen molar-refractivity contribution in [1.82, 2.24) is 9.80 Å². The van der Waals surface area contributed by atoms with Crippen molar-refractivity contribution in [2.45, 2.75) is 160 Å². The molecule has 112 heavy (non-hydrogen) atoms. The molecule has 0 bridgehead atoms. The normalized spacial score (nSPS) is 12.7. The molecule has 16 aromatic carbocycles. The van der Waals surface area contributed by atoms with Crippen molar-refractivity contribution in [3.63, 3.8) is 0 Å². The second-order valence-electron chi connectivity index (χ2n) is 30.8. The van der Waals surface area contributed by atoms with Crippen LogP contribution in [0.15, 0.2) is 218 Å². The molecule has 560 valence electrons. The molecule has 0 radical (unpaired) electrons. The summed E-state index contributed by atoms with van der Waals surface area (Å²) in [6, 6.07) is 80.0. The minimum Gasteiger partial charge on any atom is -0.277 e. The molecule has 0 saturated heterocycles. The van der Waals surface area contributed by atoms with E-state index in [-0.39, 0.29) is 23.6 Å². The van der Waals surface area contributed by atoms with Gasteiger partial charge in [0.15, 0.2) is 0 Å². The summed E-state index contributed by atoms with van der Waals surface area (Å²) in [5, 5.41) is 17.7. The van der Waals surface area contributed by atoms with E-state index < -0.39 is 0 Å². The standard InChI is InChI=1S/C68H56.C26H14N2O4.4C3H8/c1-5-21-45-46(22-6-2)58(42-27-15-10-16-28-42)66-54-38-34-50-52-36-40-56-64-55(39-35-51(62(52)64)49-33-37-53(63(54)61(49)50)65(66)57(45)41-25-13-9-14-26-41)67-59(43-29-17-11-18-30-43)47(23-7-3)48(24-8-4)60(68(56)67)44-31-19-12-20-32-44;1-27-23(29)15-7-3-11-13-5-9-17-22-18(26(32)28(2)25(17)31)10-6-14(20(13)22)12-4-8-16(24(27)30)21(15)19(11)12;4*1-3-2/h9-20,25-40H,5-8,21-24H2,1-4H3;3-10H,1-2H3;4*3H2,1-2H3. The Bertz CT molecular complexity index is 5620. The van der Waals surface area contributed by atoms with Crippen LogP contribution >= 0.6 is 0 Å². The summed E-state index contributed by atoms with van der Waals surface area (Å²) in [5.74, 6) is -1.27. The lowest BCUT2D eigenvalue weighted by Gasteiger charge is -2.27. The van der Waals surface area contributed by atoms with Gasteiger partial charge in [-0.3, -0.25) is 29.0 Å². The number of hydrogen-bond acceptors (Lipinski definition) is 4. The highest BCUT2D eigenvalue weighted by Crippen LogP contribution is 2.63. The highest BCUT2D eigenvalue weighted by molar-refractivity contribution is 6.43. The first kappa shape index (κ1) is 75.8. The fourth-order valence-electron chi connectivity index (χ4n) is 18.8. The lowest BCUT2D eigenvalue weighted by atomic mass is 9.78. The number of fused-ring (bicyclic) bond motifs is 10. The number of carbonyl (C=O) groups excluding carboxylic acids is 4. The van der Waals surface area contributed by atoms with Gasteiger partial charge >= 0.3 is 0 Å². The zero-order chi connectivity index (χ0) is 78.5. The minimum absolute atomic E-state index is 0.318. The van der Waals surface area contributed by atoms with E-state index in [4.69, 9.17) is 0 Å². The van der Waals surface area contributed by atoms with Crippen molar-refractivity contribution >= 4 is 110 Å². The average Bonchev–Trinajstić information content (AvgIpc) is 1.33. The van der Waals surface area contributed by atoms with Crippen molar-refractivity contribution in [1.29, 1.82) is 0 Å². The maximum absolute atomic E-state index is 12.8. The van der Waals surface area contributed by atoms with Gasteiger partial charge in [-0.2, -0.15) is 0 Å². The second kappa shape index (κ2) is 31.6. The molecular weight excluding hydrogens is 1370 g/mol. The van der Waals surface area contributed by atoms with Crippen LogP contribution in [0.4, 0.5) is 0 Å². The third-order valence-electron chi connectivity index (χ3n) is 22.7. The van der Waals surface area contributed by atoms with Gasteiger partial charge in [-0.25, -0.2) is 0 Å². The van der Waals surface area contributed by atoms with E-state index in [1.165, 1.54) is 194 Å². The number of rotatable bonds is 12. The largest absolute Gasteiger partial charge is 0.277 e. The van der Waals surface area contributed by atoms with E-state index in [0.29, 0.717) is 33.0 Å². The molecule has 6 heteroatoms. The lowest BCUT2D eigenvalue weighted by Crippen LogP contribution is -2.37. The Labute approximate surface area is 660 Å². The zero-order valence-corrected chi connectivity index (χ0v) is 67.8. The Morgan fingerprint density at radius 1 is 0.196 bits per heavy atom. The third kappa shape index (κ3) is 11.9. The summed E-state index contributed by atoms with van der Waals surface area (Å²) in [6.45, 7) is 26.4. The summed E-state index contributed by atoms with van der Waals surface area (Å²) in [6.07, 6.45) is 13.6. The first-order valence-corrected chi connectivity index (χ1v) is 41.4. The quantitative estimate of drug-likeness (QED) is 0.0694. The molecule has 2 aliphatic carbocycles. The van der Waals surface area contributed by atoms with Gasteiger partial charge in [0.1, 0.15) is 0 Å². The van der Waals surface area contributed by atoms with E-state index in [1.807, 2.05) is 24.3 Å². The van der Waals surface area contributed by atoms with Crippen molar-refractivity contribution in [2.75, 3.05) is 14.1 Å². The predicted octanol–water partition coefficient (Wildman–Crippen LogP) is 29.4. The van der Waals surface area contributed by atoms with Crippen molar-refractivity contribution in [2.24, 2.45) is 0 Å². The molecule has 6 nitrogen and oxygen atoms in total. The monoisotopic (exact) mass is 1470 g/mol. The Balaban J connectivity index is 0.000000186. The summed E-state index contributed by atoms with van der Waals surface area (Å²) in [7, 11) is 2.99. The number of carbonyl (C=O) groups is 4. The molecule has 0 saturated carbocycles. The predicted molar refractivity (Wildman–Crippen MR) is 479 cm³/mol. The SMILES string of the molecule is CCC.CCC.CCC.CCC.CCCc1c(CCC)c(-c2ccccc2)c2c(c1-c1ccccc1)-c1ccc3c4ccc5c6c(ccc(c7ccc-2c1c37)c64)-c1c(-c2ccccc2)c(CCC)c(CCC)c(-c2ccccc2)c1-5.CN1C(=O)c2ccc3c4ccc5c6c(ccc(c7ccc(c2c37)C1=O)c64)C(=O)N(C)C5=O. The van der Waals surface area contributed by atoms with Gasteiger partial charge < -0.3 is 0 Å². The van der Waals surface area contributed by atoms with Crippen LogP contribution in [0.1, 0.15) is 198 Å². The highest BCUT2D eigenvalue weighted by atomic mass is 16.2. The number of imide groups is 2. The van der Waals surface area contributed by atoms with Gasteiger partial charge in [0.2, 0.25) is 0 Å². The average molecular weight is 1470 g/mol. The number of nitrogens with zero attached hydrogens (tertiary/aromatic N) is 2. The molecule has 2 aliphatic heterocycles.